The zero-order chi connectivity index (χ0) is 10.6. The van der Waals surface area contributed by atoms with Crippen molar-refractivity contribution in [3.05, 3.63) is 35.9 Å². The van der Waals surface area contributed by atoms with Gasteiger partial charge in [-0.15, -0.1) is 13.2 Å². The van der Waals surface area contributed by atoms with Crippen LogP contribution in [0.3, 0.4) is 0 Å². The fourth-order valence-corrected chi connectivity index (χ4v) is 0.707. The van der Waals surface area contributed by atoms with Crippen molar-refractivity contribution in [2.75, 3.05) is 0 Å². The molecule has 1 rings (SSSR count). The molecule has 1 aromatic carbocycles. The van der Waals surface area contributed by atoms with Crippen molar-refractivity contribution in [3.8, 4) is 0 Å². The predicted molar refractivity (Wildman–Crippen MR) is 39.0 cm³/mol. The Morgan fingerprint density at radius 2 is 1.71 bits per heavy atom. The van der Waals surface area contributed by atoms with Gasteiger partial charge in [-0.1, -0.05) is 23.1 Å². The summed E-state index contributed by atoms with van der Waals surface area (Å²) in [6, 6.07) is 7.21. The lowest BCUT2D eigenvalue weighted by atomic mass is 10.2. The summed E-state index contributed by atoms with van der Waals surface area (Å²) in [5, 5.41) is 0. The zero-order valence-corrected chi connectivity index (χ0v) is 6.75. The van der Waals surface area contributed by atoms with Crippen LogP contribution in [0, 0.1) is 0 Å². The molecule has 0 fully saturated rings. The lowest BCUT2D eigenvalue weighted by Crippen LogP contribution is -2.17. The summed E-state index contributed by atoms with van der Waals surface area (Å²) in [7, 11) is 0. The van der Waals surface area contributed by atoms with Gasteiger partial charge in [-0.25, -0.2) is 4.79 Å². The lowest BCUT2D eigenvalue weighted by Gasteiger charge is -2.04. The minimum Gasteiger partial charge on any atom is -0.284 e. The van der Waals surface area contributed by atoms with E-state index in [1.54, 1.807) is 6.07 Å². The topological polar surface area (TPSA) is 35.5 Å². The molecule has 14 heavy (non-hydrogen) atoms. The van der Waals surface area contributed by atoms with Gasteiger partial charge in [-0.2, -0.15) is 0 Å². The third-order valence-corrected chi connectivity index (χ3v) is 1.22. The van der Waals surface area contributed by atoms with Crippen LogP contribution in [0.5, 0.6) is 0 Å². The summed E-state index contributed by atoms with van der Waals surface area (Å²) in [5.74, 6) is -1.19. The van der Waals surface area contributed by atoms with Crippen LogP contribution in [0.25, 0.3) is 0 Å². The Bertz CT molecular complexity index is 307. The Morgan fingerprint density at radius 1 is 1.14 bits per heavy atom. The largest absolute Gasteiger partial charge is 0.558 e. The molecule has 0 saturated heterocycles. The second-order valence-electron chi connectivity index (χ2n) is 2.27. The lowest BCUT2D eigenvalue weighted by molar-refractivity contribution is -0.457. The SMILES string of the molecule is O=C(OOC(F)(F)F)c1ccccc1. The van der Waals surface area contributed by atoms with Gasteiger partial charge in [0.1, 0.15) is 0 Å². The molecule has 0 amide bonds. The molecular formula is C8H5F3O3. The Balaban J connectivity index is 2.52. The minimum atomic E-state index is -4.98. The number of halogens is 3. The Hall–Kier alpha value is -1.56. The standard InChI is InChI=1S/C8H5F3O3/c9-8(10,11)14-13-7(12)6-4-2-1-3-5-6/h1-5H. The van der Waals surface area contributed by atoms with Crippen molar-refractivity contribution in [2.24, 2.45) is 0 Å². The minimum absolute atomic E-state index is 0.0169. The summed E-state index contributed by atoms with van der Waals surface area (Å²) >= 11 is 0. The number of benzene rings is 1. The predicted octanol–water partition coefficient (Wildman–Crippen LogP) is 2.29. The fourth-order valence-electron chi connectivity index (χ4n) is 0.707. The monoisotopic (exact) mass is 206 g/mol. The summed E-state index contributed by atoms with van der Waals surface area (Å²) in [5.41, 5.74) is -0.0169. The number of rotatable bonds is 2. The highest BCUT2D eigenvalue weighted by molar-refractivity contribution is 5.88. The summed E-state index contributed by atoms with van der Waals surface area (Å²) in [4.78, 5) is 17.3. The number of carbonyl (C=O) groups is 1. The van der Waals surface area contributed by atoms with Gasteiger partial charge in [-0.05, 0) is 12.1 Å². The van der Waals surface area contributed by atoms with Crippen molar-refractivity contribution < 1.29 is 27.7 Å². The van der Waals surface area contributed by atoms with E-state index in [0.717, 1.165) is 0 Å². The van der Waals surface area contributed by atoms with Crippen LogP contribution in [-0.4, -0.2) is 12.3 Å². The van der Waals surface area contributed by atoms with Crippen LogP contribution in [-0.2, 0) is 9.78 Å². The maximum absolute atomic E-state index is 11.4. The molecule has 0 aliphatic heterocycles. The molecule has 0 radical (unpaired) electrons. The molecule has 0 spiro atoms. The second kappa shape index (κ2) is 4.10. The van der Waals surface area contributed by atoms with E-state index < -0.39 is 12.3 Å². The molecule has 0 aliphatic rings. The van der Waals surface area contributed by atoms with E-state index in [-0.39, 0.29) is 5.56 Å². The van der Waals surface area contributed by atoms with E-state index in [1.807, 2.05) is 0 Å². The number of hydrogen-bond acceptors (Lipinski definition) is 3. The first-order valence-corrected chi connectivity index (χ1v) is 3.51. The van der Waals surface area contributed by atoms with E-state index in [1.165, 1.54) is 24.3 Å². The number of carbonyl (C=O) groups excluding carboxylic acids is 1. The van der Waals surface area contributed by atoms with E-state index >= 15 is 0 Å². The first-order chi connectivity index (χ1) is 6.49. The highest BCUT2D eigenvalue weighted by Crippen LogP contribution is 2.17. The fraction of sp³-hybridized carbons (Fsp3) is 0.125. The Labute approximate surface area is 77.0 Å². The summed E-state index contributed by atoms with van der Waals surface area (Å²) in [6.07, 6.45) is -4.98. The molecule has 6 heteroatoms. The second-order valence-corrected chi connectivity index (χ2v) is 2.27. The van der Waals surface area contributed by atoms with Gasteiger partial charge >= 0.3 is 12.3 Å². The molecule has 0 N–H and O–H groups in total. The maximum atomic E-state index is 11.4. The van der Waals surface area contributed by atoms with Crippen LogP contribution < -0.4 is 0 Å². The summed E-state index contributed by atoms with van der Waals surface area (Å²) < 4.78 is 34.3. The van der Waals surface area contributed by atoms with Gasteiger partial charge in [0.15, 0.2) is 0 Å². The molecule has 3 nitrogen and oxygen atoms in total. The van der Waals surface area contributed by atoms with Crippen molar-refractivity contribution in [1.82, 2.24) is 0 Å². The first-order valence-electron chi connectivity index (χ1n) is 3.51. The van der Waals surface area contributed by atoms with E-state index in [4.69, 9.17) is 0 Å². The van der Waals surface area contributed by atoms with Crippen LogP contribution >= 0.6 is 0 Å². The molecule has 0 saturated carbocycles. The third kappa shape index (κ3) is 3.44. The van der Waals surface area contributed by atoms with Crippen molar-refractivity contribution in [3.63, 3.8) is 0 Å². The van der Waals surface area contributed by atoms with E-state index in [0.29, 0.717) is 0 Å². The summed E-state index contributed by atoms with van der Waals surface area (Å²) in [6.45, 7) is 0. The van der Waals surface area contributed by atoms with Crippen LogP contribution in [0.4, 0.5) is 13.2 Å². The molecule has 0 aromatic heterocycles. The van der Waals surface area contributed by atoms with Crippen LogP contribution in [0.1, 0.15) is 10.4 Å². The average molecular weight is 206 g/mol. The smallest absolute Gasteiger partial charge is 0.284 e. The maximum Gasteiger partial charge on any atom is 0.558 e. The van der Waals surface area contributed by atoms with Crippen LogP contribution in [0.15, 0.2) is 30.3 Å². The zero-order valence-electron chi connectivity index (χ0n) is 6.75. The molecule has 0 unspecified atom stereocenters. The highest BCUT2D eigenvalue weighted by Gasteiger charge is 2.33. The van der Waals surface area contributed by atoms with Gasteiger partial charge in [0, 0.05) is 0 Å². The Morgan fingerprint density at radius 3 is 2.21 bits per heavy atom. The van der Waals surface area contributed by atoms with E-state index in [2.05, 4.69) is 9.78 Å². The van der Waals surface area contributed by atoms with Crippen molar-refractivity contribution in [2.45, 2.75) is 6.36 Å². The molecule has 0 atom stereocenters. The van der Waals surface area contributed by atoms with Gasteiger partial charge in [0.05, 0.1) is 5.56 Å². The number of hydrogen-bond donors (Lipinski definition) is 0. The molecule has 0 heterocycles. The molecule has 0 bridgehead atoms. The highest BCUT2D eigenvalue weighted by atomic mass is 19.4. The number of alkyl halides is 3. The molecule has 76 valence electrons. The molecule has 1 aromatic rings. The molecular weight excluding hydrogens is 201 g/mol. The van der Waals surface area contributed by atoms with E-state index in [9.17, 15) is 18.0 Å². The average Bonchev–Trinajstić information content (AvgIpc) is 2.14. The quantitative estimate of drug-likeness (QED) is 0.550. The third-order valence-electron chi connectivity index (χ3n) is 1.22. The van der Waals surface area contributed by atoms with Crippen molar-refractivity contribution >= 4 is 5.97 Å². The Kier molecular flexibility index (Phi) is 3.08. The van der Waals surface area contributed by atoms with Crippen LogP contribution in [0.2, 0.25) is 0 Å². The van der Waals surface area contributed by atoms with Gasteiger partial charge in [0.25, 0.3) is 0 Å². The molecule has 0 aliphatic carbocycles. The van der Waals surface area contributed by atoms with Gasteiger partial charge < -0.3 is 0 Å². The normalized spacial score (nSPS) is 11.1. The van der Waals surface area contributed by atoms with Gasteiger partial charge in [0.2, 0.25) is 0 Å². The first kappa shape index (κ1) is 10.5. The van der Waals surface area contributed by atoms with Crippen molar-refractivity contribution in [1.29, 1.82) is 0 Å². The van der Waals surface area contributed by atoms with Gasteiger partial charge in [-0.3, -0.25) is 4.89 Å².